The molecule has 0 aliphatic carbocycles. The molecule has 2 aromatic heterocycles. The van der Waals surface area contributed by atoms with E-state index in [-0.39, 0.29) is 4.90 Å². The fraction of sp³-hybridized carbons (Fsp3) is 0.160. The molecule has 0 bridgehead atoms. The number of aromatic nitrogens is 3. The van der Waals surface area contributed by atoms with Gasteiger partial charge in [-0.3, -0.25) is 4.72 Å². The number of anilines is 5. The monoisotopic (exact) mass is 490 g/mol. The molecule has 180 valence electrons. The van der Waals surface area contributed by atoms with Crippen molar-refractivity contribution in [3.05, 3.63) is 85.3 Å². The van der Waals surface area contributed by atoms with Crippen molar-refractivity contribution >= 4 is 38.9 Å². The minimum atomic E-state index is -3.72. The molecule has 4 rings (SSSR count). The van der Waals surface area contributed by atoms with Crippen molar-refractivity contribution in [2.45, 2.75) is 24.7 Å². The summed E-state index contributed by atoms with van der Waals surface area (Å²) in [6.45, 7) is 2.69. The lowest BCUT2D eigenvalue weighted by Gasteiger charge is -2.11. The highest BCUT2D eigenvalue weighted by Crippen LogP contribution is 2.23. The minimum Gasteiger partial charge on any atom is -0.494 e. The van der Waals surface area contributed by atoms with Crippen LogP contribution in [0, 0.1) is 0 Å². The summed E-state index contributed by atoms with van der Waals surface area (Å²) in [6, 6.07) is 20.6. The SMILES string of the molecule is CCCCOc1ccc(S(=O)(=O)Nc2ccc(Nc3cc(Nc4ccccn4)ncn3)cc2)cc1. The van der Waals surface area contributed by atoms with Crippen LogP contribution in [0.1, 0.15) is 19.8 Å². The molecule has 0 saturated carbocycles. The largest absolute Gasteiger partial charge is 0.494 e. The number of nitrogens with one attached hydrogen (secondary N) is 3. The van der Waals surface area contributed by atoms with Gasteiger partial charge in [0.05, 0.1) is 11.5 Å². The molecule has 2 heterocycles. The molecule has 0 amide bonds. The molecule has 0 aliphatic rings. The van der Waals surface area contributed by atoms with Gasteiger partial charge in [0.25, 0.3) is 10.0 Å². The van der Waals surface area contributed by atoms with E-state index < -0.39 is 10.0 Å². The fourth-order valence-electron chi connectivity index (χ4n) is 3.09. The Hall–Kier alpha value is -4.18. The molecule has 3 N–H and O–H groups in total. The Morgan fingerprint density at radius 2 is 1.51 bits per heavy atom. The molecule has 0 spiro atoms. The van der Waals surface area contributed by atoms with Crippen molar-refractivity contribution in [3.8, 4) is 5.75 Å². The number of hydrogen-bond acceptors (Lipinski definition) is 8. The lowest BCUT2D eigenvalue weighted by Crippen LogP contribution is -2.12. The van der Waals surface area contributed by atoms with Crippen molar-refractivity contribution in [3.63, 3.8) is 0 Å². The summed E-state index contributed by atoms with van der Waals surface area (Å²) in [5, 5.41) is 6.29. The number of hydrogen-bond donors (Lipinski definition) is 3. The highest BCUT2D eigenvalue weighted by atomic mass is 32.2. The Morgan fingerprint density at radius 3 is 2.20 bits per heavy atom. The van der Waals surface area contributed by atoms with E-state index in [1.54, 1.807) is 48.7 Å². The molecule has 0 atom stereocenters. The lowest BCUT2D eigenvalue weighted by molar-refractivity contribution is 0.309. The predicted molar refractivity (Wildman–Crippen MR) is 137 cm³/mol. The quantitative estimate of drug-likeness (QED) is 0.241. The maximum Gasteiger partial charge on any atom is 0.261 e. The van der Waals surface area contributed by atoms with Crippen LogP contribution in [0.3, 0.4) is 0 Å². The van der Waals surface area contributed by atoms with Crippen molar-refractivity contribution in [1.82, 2.24) is 15.0 Å². The van der Waals surface area contributed by atoms with Gasteiger partial charge < -0.3 is 15.4 Å². The third kappa shape index (κ3) is 6.90. The number of rotatable bonds is 11. The van der Waals surface area contributed by atoms with Gasteiger partial charge in [-0.2, -0.15) is 0 Å². The topological polar surface area (TPSA) is 118 Å². The van der Waals surface area contributed by atoms with Crippen LogP contribution in [-0.4, -0.2) is 30.0 Å². The Morgan fingerprint density at radius 1 is 0.800 bits per heavy atom. The van der Waals surface area contributed by atoms with Crippen LogP contribution < -0.4 is 20.1 Å². The van der Waals surface area contributed by atoms with Crippen LogP contribution in [0.25, 0.3) is 0 Å². The smallest absolute Gasteiger partial charge is 0.261 e. The van der Waals surface area contributed by atoms with Crippen molar-refractivity contribution in [2.75, 3.05) is 22.0 Å². The zero-order chi connectivity index (χ0) is 24.5. The summed E-state index contributed by atoms with van der Waals surface area (Å²) in [5.74, 6) is 2.49. The molecule has 0 radical (unpaired) electrons. The van der Waals surface area contributed by atoms with E-state index in [0.29, 0.717) is 35.5 Å². The van der Waals surface area contributed by atoms with Crippen molar-refractivity contribution in [1.29, 1.82) is 0 Å². The van der Waals surface area contributed by atoms with Gasteiger partial charge >= 0.3 is 0 Å². The van der Waals surface area contributed by atoms with E-state index in [9.17, 15) is 8.42 Å². The zero-order valence-corrected chi connectivity index (χ0v) is 20.0. The van der Waals surface area contributed by atoms with Crippen LogP contribution >= 0.6 is 0 Å². The number of unbranched alkanes of at least 4 members (excludes halogenated alkanes) is 1. The number of nitrogens with zero attached hydrogens (tertiary/aromatic N) is 3. The molecule has 0 unspecified atom stereocenters. The van der Waals surface area contributed by atoms with E-state index in [1.807, 2.05) is 18.2 Å². The molecular weight excluding hydrogens is 464 g/mol. The summed E-state index contributed by atoms with van der Waals surface area (Å²) in [5.41, 5.74) is 1.18. The first-order chi connectivity index (χ1) is 17.0. The molecular formula is C25H26N6O3S. The summed E-state index contributed by atoms with van der Waals surface area (Å²) in [7, 11) is -3.72. The average Bonchev–Trinajstić information content (AvgIpc) is 2.86. The number of benzene rings is 2. The molecule has 10 heteroatoms. The van der Waals surface area contributed by atoms with E-state index >= 15 is 0 Å². The van der Waals surface area contributed by atoms with Crippen LogP contribution in [0.4, 0.5) is 28.8 Å². The molecule has 9 nitrogen and oxygen atoms in total. The fourth-order valence-corrected chi connectivity index (χ4v) is 4.15. The molecule has 0 aliphatic heterocycles. The van der Waals surface area contributed by atoms with Gasteiger partial charge in [0.1, 0.15) is 29.5 Å². The normalized spacial score (nSPS) is 11.0. The van der Waals surface area contributed by atoms with Crippen LogP contribution in [0.2, 0.25) is 0 Å². The van der Waals surface area contributed by atoms with E-state index in [0.717, 1.165) is 18.5 Å². The van der Waals surface area contributed by atoms with Crippen LogP contribution in [0.5, 0.6) is 5.75 Å². The van der Waals surface area contributed by atoms with Gasteiger partial charge in [-0.15, -0.1) is 0 Å². The summed E-state index contributed by atoms with van der Waals surface area (Å²) >= 11 is 0. The molecule has 4 aromatic rings. The number of sulfonamides is 1. The Kier molecular flexibility index (Phi) is 7.74. The maximum atomic E-state index is 12.7. The third-order valence-corrected chi connectivity index (χ3v) is 6.30. The standard InChI is InChI=1S/C25H26N6O3S/c1-2-3-16-34-21-11-13-22(14-12-21)35(32,33)31-20-9-7-19(8-10-20)29-24-17-25(28-18-27-24)30-23-6-4-5-15-26-23/h4-15,17-18,31H,2-3,16H2,1H3,(H2,26,27,28,29,30). The van der Waals surface area contributed by atoms with Crippen molar-refractivity contribution in [2.24, 2.45) is 0 Å². The molecule has 2 aromatic carbocycles. The number of pyridine rings is 1. The Bertz CT molecular complexity index is 1330. The van der Waals surface area contributed by atoms with Gasteiger partial charge in [0.15, 0.2) is 0 Å². The summed E-state index contributed by atoms with van der Waals surface area (Å²) < 4.78 is 33.7. The van der Waals surface area contributed by atoms with Crippen molar-refractivity contribution < 1.29 is 13.2 Å². The predicted octanol–water partition coefficient (Wildman–Crippen LogP) is 5.34. The van der Waals surface area contributed by atoms with Crippen LogP contribution in [0.15, 0.2) is 90.2 Å². The van der Waals surface area contributed by atoms with Crippen LogP contribution in [-0.2, 0) is 10.0 Å². The van der Waals surface area contributed by atoms with Gasteiger partial charge in [-0.25, -0.2) is 23.4 Å². The minimum absolute atomic E-state index is 0.163. The second-order valence-electron chi connectivity index (χ2n) is 7.61. The Labute approximate surface area is 204 Å². The van der Waals surface area contributed by atoms with Gasteiger partial charge in [0.2, 0.25) is 0 Å². The highest BCUT2D eigenvalue weighted by Gasteiger charge is 2.14. The van der Waals surface area contributed by atoms with Gasteiger partial charge in [-0.1, -0.05) is 19.4 Å². The second-order valence-corrected chi connectivity index (χ2v) is 9.29. The first kappa shape index (κ1) is 24.0. The Balaban J connectivity index is 1.37. The van der Waals surface area contributed by atoms with E-state index in [1.165, 1.54) is 18.5 Å². The highest BCUT2D eigenvalue weighted by molar-refractivity contribution is 7.92. The molecule has 0 saturated heterocycles. The second kappa shape index (κ2) is 11.3. The van der Waals surface area contributed by atoms with Gasteiger partial charge in [-0.05, 0) is 67.1 Å². The van der Waals surface area contributed by atoms with E-state index in [4.69, 9.17) is 4.74 Å². The first-order valence-corrected chi connectivity index (χ1v) is 12.6. The summed E-state index contributed by atoms with van der Waals surface area (Å²) in [6.07, 6.45) is 5.12. The number of ether oxygens (including phenoxy) is 1. The molecule has 35 heavy (non-hydrogen) atoms. The third-order valence-electron chi connectivity index (χ3n) is 4.90. The lowest BCUT2D eigenvalue weighted by atomic mass is 10.3. The summed E-state index contributed by atoms with van der Waals surface area (Å²) in [4.78, 5) is 12.8. The average molecular weight is 491 g/mol. The maximum absolute atomic E-state index is 12.7. The van der Waals surface area contributed by atoms with Gasteiger partial charge in [0, 0.05) is 23.6 Å². The zero-order valence-electron chi connectivity index (χ0n) is 19.2. The molecule has 0 fully saturated rings. The van der Waals surface area contributed by atoms with E-state index in [2.05, 4.69) is 37.2 Å². The first-order valence-electron chi connectivity index (χ1n) is 11.1.